The molecule has 0 fully saturated rings. The quantitative estimate of drug-likeness (QED) is 0.425. The molecule has 0 atom stereocenters. The van der Waals surface area contributed by atoms with Crippen LogP contribution in [0.1, 0.15) is 57.9 Å². The highest BCUT2D eigenvalue weighted by Gasteiger charge is 2.11. The average molecular weight is 269 g/mol. The Morgan fingerprint density at radius 3 is 2.20 bits per heavy atom. The summed E-state index contributed by atoms with van der Waals surface area (Å²) < 4.78 is 0. The molecule has 0 saturated carbocycles. The van der Waals surface area contributed by atoms with Crippen LogP contribution in [0.4, 0.5) is 0 Å². The van der Waals surface area contributed by atoms with E-state index in [-0.39, 0.29) is 0 Å². The van der Waals surface area contributed by atoms with Crippen LogP contribution in [0.5, 0.6) is 0 Å². The highest BCUT2D eigenvalue weighted by atomic mass is 14.4. The van der Waals surface area contributed by atoms with Gasteiger partial charge in [0.15, 0.2) is 0 Å². The minimum absolute atomic E-state index is 0.671. The lowest BCUT2D eigenvalue weighted by Crippen LogP contribution is -2.07. The van der Waals surface area contributed by atoms with Crippen LogP contribution < -0.4 is 0 Å². The van der Waals surface area contributed by atoms with Crippen molar-refractivity contribution in [2.75, 3.05) is 0 Å². The van der Waals surface area contributed by atoms with Crippen LogP contribution in [-0.4, -0.2) is 5.71 Å². The zero-order chi connectivity index (χ0) is 14.8. The van der Waals surface area contributed by atoms with Gasteiger partial charge in [-0.3, -0.25) is 5.41 Å². The maximum Gasteiger partial charge on any atom is 0.0646 e. The van der Waals surface area contributed by atoms with Gasteiger partial charge in [0.25, 0.3) is 0 Å². The van der Waals surface area contributed by atoms with Gasteiger partial charge in [0.1, 0.15) is 0 Å². The highest BCUT2D eigenvalue weighted by Crippen LogP contribution is 2.23. The number of unbranched alkanes of at least 4 members (excludes halogenated alkanes) is 2. The summed E-state index contributed by atoms with van der Waals surface area (Å²) in [7, 11) is 0. The number of hydrogen-bond donors (Lipinski definition) is 1. The molecule has 108 valence electrons. The third kappa shape index (κ3) is 4.80. The fourth-order valence-corrected chi connectivity index (χ4v) is 2.32. The van der Waals surface area contributed by atoms with Crippen LogP contribution >= 0.6 is 0 Å². The van der Waals surface area contributed by atoms with E-state index in [1.807, 2.05) is 36.4 Å². The lowest BCUT2D eigenvalue weighted by atomic mass is 9.91. The topological polar surface area (TPSA) is 23.9 Å². The molecule has 0 bridgehead atoms. The Morgan fingerprint density at radius 1 is 1.05 bits per heavy atom. The van der Waals surface area contributed by atoms with E-state index in [0.717, 1.165) is 31.2 Å². The standard InChI is InChI=1S/C19H27N/c1-4-7-12-16(6-3)18(15-8-5-2)19(20)17-13-10-9-11-14-17/h6,9-11,13-14,20H,3-5,7-8,12,15H2,1-2H3/b18-16+,20-19?. The second kappa shape index (κ2) is 9.30. The first-order valence-corrected chi connectivity index (χ1v) is 7.73. The summed E-state index contributed by atoms with van der Waals surface area (Å²) in [5.41, 5.74) is 4.12. The molecule has 20 heavy (non-hydrogen) atoms. The van der Waals surface area contributed by atoms with Gasteiger partial charge >= 0.3 is 0 Å². The van der Waals surface area contributed by atoms with Gasteiger partial charge in [0.2, 0.25) is 0 Å². The molecule has 1 N–H and O–H groups in total. The first kappa shape index (κ1) is 16.4. The molecule has 0 unspecified atom stereocenters. The first-order valence-electron chi connectivity index (χ1n) is 7.73. The van der Waals surface area contributed by atoms with Crippen molar-refractivity contribution in [1.82, 2.24) is 0 Å². The summed E-state index contributed by atoms with van der Waals surface area (Å²) in [5.74, 6) is 0. The van der Waals surface area contributed by atoms with Gasteiger partial charge in [-0.1, -0.05) is 69.7 Å². The molecule has 0 radical (unpaired) electrons. The molecular formula is C19H27N. The molecule has 0 saturated heterocycles. The summed E-state index contributed by atoms with van der Waals surface area (Å²) in [6, 6.07) is 10.0. The lowest BCUT2D eigenvalue weighted by Gasteiger charge is -2.14. The average Bonchev–Trinajstić information content (AvgIpc) is 2.51. The number of nitrogens with one attached hydrogen (secondary N) is 1. The molecule has 0 heterocycles. The van der Waals surface area contributed by atoms with E-state index in [0.29, 0.717) is 5.71 Å². The number of allylic oxidation sites excluding steroid dienone is 3. The third-order valence-corrected chi connectivity index (χ3v) is 3.58. The molecule has 1 heteroatoms. The van der Waals surface area contributed by atoms with Crippen LogP contribution in [0.2, 0.25) is 0 Å². The lowest BCUT2D eigenvalue weighted by molar-refractivity contribution is 0.768. The maximum atomic E-state index is 8.53. The fraction of sp³-hybridized carbons (Fsp3) is 0.421. The van der Waals surface area contributed by atoms with Crippen LogP contribution in [0.3, 0.4) is 0 Å². The van der Waals surface area contributed by atoms with Crippen molar-refractivity contribution in [3.8, 4) is 0 Å². The normalized spacial score (nSPS) is 11.9. The Bertz CT molecular complexity index is 454. The molecule has 1 aromatic carbocycles. The minimum Gasteiger partial charge on any atom is -0.300 e. The Balaban J connectivity index is 3.06. The van der Waals surface area contributed by atoms with E-state index in [2.05, 4.69) is 20.4 Å². The van der Waals surface area contributed by atoms with Gasteiger partial charge in [-0.25, -0.2) is 0 Å². The maximum absolute atomic E-state index is 8.53. The summed E-state index contributed by atoms with van der Waals surface area (Å²) in [4.78, 5) is 0. The van der Waals surface area contributed by atoms with E-state index < -0.39 is 0 Å². The summed E-state index contributed by atoms with van der Waals surface area (Å²) in [6.07, 6.45) is 8.61. The predicted octanol–water partition coefficient (Wildman–Crippen LogP) is 5.92. The first-order chi connectivity index (χ1) is 9.74. The highest BCUT2D eigenvalue weighted by molar-refractivity contribution is 6.11. The monoisotopic (exact) mass is 269 g/mol. The summed E-state index contributed by atoms with van der Waals surface area (Å²) in [5, 5.41) is 8.53. The van der Waals surface area contributed by atoms with Crippen molar-refractivity contribution in [3.63, 3.8) is 0 Å². The number of benzene rings is 1. The SMILES string of the molecule is C=C/C(CCCC)=C(/CCCC)C(=N)c1ccccc1. The van der Waals surface area contributed by atoms with Crippen LogP contribution in [-0.2, 0) is 0 Å². The Hall–Kier alpha value is -1.63. The number of hydrogen-bond acceptors (Lipinski definition) is 1. The van der Waals surface area contributed by atoms with Crippen molar-refractivity contribution < 1.29 is 0 Å². The van der Waals surface area contributed by atoms with E-state index in [1.54, 1.807) is 0 Å². The van der Waals surface area contributed by atoms with Crippen molar-refractivity contribution in [3.05, 3.63) is 59.7 Å². The molecule has 0 aliphatic heterocycles. The van der Waals surface area contributed by atoms with Crippen LogP contribution in [0, 0.1) is 5.41 Å². The Kier molecular flexibility index (Phi) is 7.64. The van der Waals surface area contributed by atoms with Crippen molar-refractivity contribution in [1.29, 1.82) is 5.41 Å². The molecule has 0 aliphatic carbocycles. The smallest absolute Gasteiger partial charge is 0.0646 e. The molecular weight excluding hydrogens is 242 g/mol. The van der Waals surface area contributed by atoms with Gasteiger partial charge in [-0.05, 0) is 42.4 Å². The van der Waals surface area contributed by atoms with Crippen molar-refractivity contribution in [2.24, 2.45) is 0 Å². The van der Waals surface area contributed by atoms with Gasteiger partial charge < -0.3 is 0 Å². The van der Waals surface area contributed by atoms with E-state index in [4.69, 9.17) is 5.41 Å². The summed E-state index contributed by atoms with van der Waals surface area (Å²) >= 11 is 0. The minimum atomic E-state index is 0.671. The largest absolute Gasteiger partial charge is 0.300 e. The fourth-order valence-electron chi connectivity index (χ4n) is 2.32. The van der Waals surface area contributed by atoms with Gasteiger partial charge in [0.05, 0.1) is 5.71 Å². The second-order valence-electron chi connectivity index (χ2n) is 5.16. The number of rotatable bonds is 9. The summed E-state index contributed by atoms with van der Waals surface area (Å²) in [6.45, 7) is 8.37. The molecule has 1 aromatic rings. The molecule has 0 amide bonds. The Morgan fingerprint density at radius 2 is 1.65 bits per heavy atom. The zero-order valence-electron chi connectivity index (χ0n) is 12.9. The van der Waals surface area contributed by atoms with Crippen molar-refractivity contribution in [2.45, 2.75) is 52.4 Å². The van der Waals surface area contributed by atoms with Gasteiger partial charge in [-0.2, -0.15) is 0 Å². The third-order valence-electron chi connectivity index (χ3n) is 3.58. The van der Waals surface area contributed by atoms with E-state index in [9.17, 15) is 0 Å². The second-order valence-corrected chi connectivity index (χ2v) is 5.16. The molecule has 0 aliphatic rings. The van der Waals surface area contributed by atoms with Gasteiger partial charge in [0, 0.05) is 0 Å². The van der Waals surface area contributed by atoms with E-state index in [1.165, 1.54) is 24.0 Å². The molecule has 0 aromatic heterocycles. The molecule has 0 spiro atoms. The van der Waals surface area contributed by atoms with E-state index >= 15 is 0 Å². The molecule has 1 nitrogen and oxygen atoms in total. The van der Waals surface area contributed by atoms with Crippen molar-refractivity contribution >= 4 is 5.71 Å². The predicted molar refractivity (Wildman–Crippen MR) is 89.5 cm³/mol. The van der Waals surface area contributed by atoms with Crippen LogP contribution in [0.15, 0.2) is 54.1 Å². The molecule has 1 rings (SSSR count). The van der Waals surface area contributed by atoms with Gasteiger partial charge in [-0.15, -0.1) is 0 Å². The van der Waals surface area contributed by atoms with Crippen LogP contribution in [0.25, 0.3) is 0 Å². The zero-order valence-corrected chi connectivity index (χ0v) is 12.9. The Labute approximate surface area is 123 Å².